The summed E-state index contributed by atoms with van der Waals surface area (Å²) in [6.07, 6.45) is 1.61. The van der Waals surface area contributed by atoms with Crippen molar-refractivity contribution in [2.24, 2.45) is 0 Å². The first-order valence-corrected chi connectivity index (χ1v) is 10.0. The molecule has 4 aromatic rings. The van der Waals surface area contributed by atoms with Crippen molar-refractivity contribution in [2.75, 3.05) is 5.75 Å². The van der Waals surface area contributed by atoms with Crippen molar-refractivity contribution < 1.29 is 9.21 Å². The van der Waals surface area contributed by atoms with Crippen LogP contribution in [0.15, 0.2) is 82.6 Å². The van der Waals surface area contributed by atoms with Gasteiger partial charge in [0.1, 0.15) is 0 Å². The fraction of sp³-hybridized carbons (Fsp3) is 0.136. The molecule has 0 unspecified atom stereocenters. The third-order valence-electron chi connectivity index (χ3n) is 4.42. The van der Waals surface area contributed by atoms with Crippen LogP contribution in [-0.2, 0) is 6.54 Å². The van der Waals surface area contributed by atoms with E-state index in [1.54, 1.807) is 6.26 Å². The molecule has 2 aromatic heterocycles. The number of hydrogen-bond acceptors (Lipinski definition) is 5. The molecule has 0 radical (unpaired) electrons. The number of hydrogen-bond donors (Lipinski definition) is 0. The normalized spacial score (nSPS) is 10.9. The highest BCUT2D eigenvalue weighted by molar-refractivity contribution is 7.99. The van der Waals surface area contributed by atoms with E-state index in [1.807, 2.05) is 66.1 Å². The average molecular weight is 389 g/mol. The summed E-state index contributed by atoms with van der Waals surface area (Å²) in [4.78, 5) is 12.6. The van der Waals surface area contributed by atoms with Gasteiger partial charge in [0.2, 0.25) is 0 Å². The maximum atomic E-state index is 12.6. The number of carbonyl (C=O) groups is 1. The van der Waals surface area contributed by atoms with Crippen LogP contribution in [0, 0.1) is 0 Å². The predicted octanol–water partition coefficient (Wildman–Crippen LogP) is 5.20. The first-order chi connectivity index (χ1) is 13.8. The lowest BCUT2D eigenvalue weighted by atomic mass is 10.0. The van der Waals surface area contributed by atoms with Gasteiger partial charge in [-0.2, -0.15) is 0 Å². The third kappa shape index (κ3) is 3.77. The van der Waals surface area contributed by atoms with Crippen molar-refractivity contribution in [1.82, 2.24) is 14.8 Å². The number of benzene rings is 2. The molecule has 0 N–H and O–H groups in total. The summed E-state index contributed by atoms with van der Waals surface area (Å²) < 4.78 is 7.37. The Bertz CT molecular complexity index is 1060. The molecule has 0 saturated carbocycles. The van der Waals surface area contributed by atoms with Gasteiger partial charge in [0.15, 0.2) is 22.5 Å². The summed E-state index contributed by atoms with van der Waals surface area (Å²) in [5.41, 5.74) is 2.93. The van der Waals surface area contributed by atoms with Crippen LogP contribution < -0.4 is 0 Å². The molecule has 0 spiro atoms. The second-order valence-corrected chi connectivity index (χ2v) is 7.13. The molecule has 2 heterocycles. The number of thioether (sulfide) groups is 1. The molecule has 0 atom stereocenters. The van der Waals surface area contributed by atoms with Gasteiger partial charge in [-0.25, -0.2) is 0 Å². The smallest absolute Gasteiger partial charge is 0.200 e. The summed E-state index contributed by atoms with van der Waals surface area (Å²) in [6.45, 7) is 2.72. The number of furan rings is 1. The maximum Gasteiger partial charge on any atom is 0.200 e. The van der Waals surface area contributed by atoms with Gasteiger partial charge >= 0.3 is 0 Å². The molecule has 0 aliphatic heterocycles. The molecular weight excluding hydrogens is 370 g/mol. The lowest BCUT2D eigenvalue weighted by Crippen LogP contribution is -2.05. The van der Waals surface area contributed by atoms with Crippen LogP contribution >= 0.6 is 11.8 Å². The number of nitrogens with zero attached hydrogens (tertiary/aromatic N) is 3. The minimum Gasteiger partial charge on any atom is -0.461 e. The fourth-order valence-electron chi connectivity index (χ4n) is 2.96. The Morgan fingerprint density at radius 1 is 0.964 bits per heavy atom. The van der Waals surface area contributed by atoms with Gasteiger partial charge in [0.25, 0.3) is 0 Å². The second kappa shape index (κ2) is 8.27. The summed E-state index contributed by atoms with van der Waals surface area (Å²) in [7, 11) is 0. The van der Waals surface area contributed by atoms with Crippen molar-refractivity contribution in [3.63, 3.8) is 0 Å². The molecule has 0 fully saturated rings. The SMILES string of the molecule is CCn1c(SCC(=O)c2ccc(-c3ccccc3)cc2)nnc1-c1ccco1. The third-order valence-corrected chi connectivity index (χ3v) is 5.39. The number of rotatable bonds is 7. The molecule has 5 nitrogen and oxygen atoms in total. The van der Waals surface area contributed by atoms with Gasteiger partial charge in [-0.1, -0.05) is 66.4 Å². The van der Waals surface area contributed by atoms with Crippen LogP contribution in [0.4, 0.5) is 0 Å². The second-order valence-electron chi connectivity index (χ2n) is 6.18. The van der Waals surface area contributed by atoms with E-state index in [0.717, 1.165) is 11.1 Å². The molecule has 0 saturated heterocycles. The first-order valence-electron chi connectivity index (χ1n) is 9.05. The van der Waals surface area contributed by atoms with Gasteiger partial charge in [-0.05, 0) is 30.2 Å². The lowest BCUT2D eigenvalue weighted by Gasteiger charge is -2.06. The quantitative estimate of drug-likeness (QED) is 0.321. The van der Waals surface area contributed by atoms with E-state index >= 15 is 0 Å². The Morgan fingerprint density at radius 3 is 2.39 bits per heavy atom. The molecule has 6 heteroatoms. The van der Waals surface area contributed by atoms with Crippen LogP contribution in [-0.4, -0.2) is 26.3 Å². The Balaban J connectivity index is 1.45. The van der Waals surface area contributed by atoms with Gasteiger partial charge in [0.05, 0.1) is 12.0 Å². The van der Waals surface area contributed by atoms with Crippen molar-refractivity contribution in [3.8, 4) is 22.7 Å². The largest absolute Gasteiger partial charge is 0.461 e. The Kier molecular flexibility index (Phi) is 5.39. The molecule has 0 amide bonds. The highest BCUT2D eigenvalue weighted by Gasteiger charge is 2.16. The summed E-state index contributed by atoms with van der Waals surface area (Å²) >= 11 is 1.39. The van der Waals surface area contributed by atoms with Gasteiger partial charge in [-0.3, -0.25) is 9.36 Å². The van der Waals surface area contributed by atoms with Crippen molar-refractivity contribution >= 4 is 17.5 Å². The highest BCUT2D eigenvalue weighted by atomic mass is 32.2. The number of aromatic nitrogens is 3. The van der Waals surface area contributed by atoms with Crippen molar-refractivity contribution in [1.29, 1.82) is 0 Å². The van der Waals surface area contributed by atoms with E-state index < -0.39 is 0 Å². The molecule has 0 bridgehead atoms. The summed E-state index contributed by atoms with van der Waals surface area (Å²) in [6, 6.07) is 21.5. The minimum absolute atomic E-state index is 0.0646. The van der Waals surface area contributed by atoms with Gasteiger partial charge in [-0.15, -0.1) is 10.2 Å². The van der Waals surface area contributed by atoms with Crippen LogP contribution in [0.1, 0.15) is 17.3 Å². The average Bonchev–Trinajstić information content (AvgIpc) is 3.42. The Morgan fingerprint density at radius 2 is 1.71 bits per heavy atom. The zero-order chi connectivity index (χ0) is 19.3. The zero-order valence-electron chi connectivity index (χ0n) is 15.4. The molecule has 28 heavy (non-hydrogen) atoms. The number of carbonyl (C=O) groups excluding carboxylic acids is 1. The predicted molar refractivity (Wildman–Crippen MR) is 110 cm³/mol. The van der Waals surface area contributed by atoms with E-state index in [0.29, 0.717) is 34.6 Å². The highest BCUT2D eigenvalue weighted by Crippen LogP contribution is 2.25. The van der Waals surface area contributed by atoms with E-state index in [-0.39, 0.29) is 5.78 Å². The van der Waals surface area contributed by atoms with Gasteiger partial charge in [0, 0.05) is 12.1 Å². The van der Waals surface area contributed by atoms with Crippen molar-refractivity contribution in [2.45, 2.75) is 18.6 Å². The molecule has 0 aliphatic carbocycles. The lowest BCUT2D eigenvalue weighted by molar-refractivity contribution is 0.102. The molecule has 2 aromatic carbocycles. The maximum absolute atomic E-state index is 12.6. The Hall–Kier alpha value is -3.12. The number of ketones is 1. The van der Waals surface area contributed by atoms with Crippen LogP contribution in [0.25, 0.3) is 22.7 Å². The van der Waals surface area contributed by atoms with Crippen LogP contribution in [0.3, 0.4) is 0 Å². The molecular formula is C22H19N3O2S. The van der Waals surface area contributed by atoms with Crippen LogP contribution in [0.5, 0.6) is 0 Å². The summed E-state index contributed by atoms with van der Waals surface area (Å²) in [5, 5.41) is 9.15. The monoisotopic (exact) mass is 389 g/mol. The van der Waals surface area contributed by atoms with Crippen LogP contribution in [0.2, 0.25) is 0 Å². The van der Waals surface area contributed by atoms with E-state index in [9.17, 15) is 4.79 Å². The molecule has 0 aliphatic rings. The van der Waals surface area contributed by atoms with Crippen molar-refractivity contribution in [3.05, 3.63) is 78.6 Å². The van der Waals surface area contributed by atoms with E-state index in [2.05, 4.69) is 22.3 Å². The minimum atomic E-state index is 0.0646. The fourth-order valence-corrected chi connectivity index (χ4v) is 3.86. The van der Waals surface area contributed by atoms with E-state index in [1.165, 1.54) is 11.8 Å². The number of Topliss-reactive ketones (excluding diaryl/α,β-unsaturated/α-hetero) is 1. The molecule has 4 rings (SSSR count). The van der Waals surface area contributed by atoms with Gasteiger partial charge < -0.3 is 4.42 Å². The first kappa shape index (κ1) is 18.3. The zero-order valence-corrected chi connectivity index (χ0v) is 16.2. The molecule has 140 valence electrons. The summed E-state index contributed by atoms with van der Waals surface area (Å²) in [5.74, 6) is 1.72. The topological polar surface area (TPSA) is 60.9 Å². The Labute approximate surface area is 167 Å². The standard InChI is InChI=1S/C22H19N3O2S/c1-2-25-21(20-9-6-14-27-20)23-24-22(25)28-15-19(26)18-12-10-17(11-13-18)16-7-4-3-5-8-16/h3-14H,2,15H2,1H3. The van der Waals surface area contributed by atoms with E-state index in [4.69, 9.17) is 4.42 Å².